The third kappa shape index (κ3) is 3.12. The first kappa shape index (κ1) is 18.9. The van der Waals surface area contributed by atoms with Gasteiger partial charge in [0, 0.05) is 35.9 Å². The molecule has 0 saturated carbocycles. The third-order valence-electron chi connectivity index (χ3n) is 5.71. The van der Waals surface area contributed by atoms with Crippen molar-refractivity contribution < 1.29 is 14.4 Å². The highest BCUT2D eigenvalue weighted by atomic mass is 16.2. The number of carbonyl (C=O) groups excluding carboxylic acids is 3. The van der Waals surface area contributed by atoms with Crippen LogP contribution in [0.4, 0.5) is 5.82 Å². The summed E-state index contributed by atoms with van der Waals surface area (Å²) in [6.45, 7) is 2.13. The normalized spacial score (nSPS) is 18.3. The van der Waals surface area contributed by atoms with Gasteiger partial charge in [0.1, 0.15) is 17.6 Å². The minimum absolute atomic E-state index is 0.213. The van der Waals surface area contributed by atoms with Gasteiger partial charge in [-0.1, -0.05) is 11.3 Å². The van der Waals surface area contributed by atoms with E-state index in [4.69, 9.17) is 5.73 Å². The van der Waals surface area contributed by atoms with E-state index >= 15 is 0 Å². The molecular formula is C21H19N7O3. The van der Waals surface area contributed by atoms with Crippen LogP contribution in [0.1, 0.15) is 34.3 Å². The average Bonchev–Trinajstić information content (AvgIpc) is 3.36. The van der Waals surface area contributed by atoms with Crippen molar-refractivity contribution >= 4 is 23.5 Å². The van der Waals surface area contributed by atoms with Gasteiger partial charge in [-0.15, -0.1) is 5.10 Å². The minimum atomic E-state index is -0.666. The molecule has 31 heavy (non-hydrogen) atoms. The van der Waals surface area contributed by atoms with E-state index in [0.717, 1.165) is 16.7 Å². The molecule has 3 aromatic rings. The smallest absolute Gasteiger partial charge is 0.255 e. The van der Waals surface area contributed by atoms with Crippen LogP contribution in [0.3, 0.4) is 0 Å². The van der Waals surface area contributed by atoms with Gasteiger partial charge in [0.05, 0.1) is 11.9 Å². The number of nitrogens with zero attached hydrogens (tertiary/aromatic N) is 5. The molecule has 2 aliphatic heterocycles. The quantitative estimate of drug-likeness (QED) is 0.606. The van der Waals surface area contributed by atoms with Crippen molar-refractivity contribution in [2.24, 2.45) is 0 Å². The predicted octanol–water partition coefficient (Wildman–Crippen LogP) is 0.981. The van der Waals surface area contributed by atoms with E-state index in [1.807, 2.05) is 19.1 Å². The SMILES string of the molecule is Cc1cc(-c2cn(-c3cccc4c3CN(C3CCC(=O)NC3=O)C4=O)nn2)cnc1N. The molecule has 3 amide bonds. The van der Waals surface area contributed by atoms with Crippen molar-refractivity contribution in [1.82, 2.24) is 30.2 Å². The topological polar surface area (TPSA) is 136 Å². The number of benzene rings is 1. The summed E-state index contributed by atoms with van der Waals surface area (Å²) in [5.74, 6) is -0.518. The van der Waals surface area contributed by atoms with Gasteiger partial charge in [0.2, 0.25) is 11.8 Å². The molecule has 0 aliphatic carbocycles. The largest absolute Gasteiger partial charge is 0.383 e. The number of rotatable bonds is 3. The molecule has 5 rings (SSSR count). The number of hydrogen-bond donors (Lipinski definition) is 2. The molecule has 10 nitrogen and oxygen atoms in total. The first-order valence-electron chi connectivity index (χ1n) is 9.84. The van der Waals surface area contributed by atoms with Gasteiger partial charge in [0.25, 0.3) is 5.91 Å². The highest BCUT2D eigenvalue weighted by molar-refractivity contribution is 6.05. The molecule has 1 aromatic carbocycles. The number of anilines is 1. The van der Waals surface area contributed by atoms with Crippen molar-refractivity contribution in [3.63, 3.8) is 0 Å². The first-order chi connectivity index (χ1) is 14.9. The Labute approximate surface area is 177 Å². The van der Waals surface area contributed by atoms with Crippen LogP contribution in [0, 0.1) is 6.92 Å². The number of fused-ring (bicyclic) bond motifs is 1. The number of hydrogen-bond acceptors (Lipinski definition) is 7. The van der Waals surface area contributed by atoms with Gasteiger partial charge in [-0.2, -0.15) is 0 Å². The van der Waals surface area contributed by atoms with Crippen LogP contribution in [0.5, 0.6) is 0 Å². The summed E-state index contributed by atoms with van der Waals surface area (Å²) in [6, 6.07) is 6.58. The molecule has 1 saturated heterocycles. The van der Waals surface area contributed by atoms with Gasteiger partial charge in [-0.05, 0) is 37.1 Å². The lowest BCUT2D eigenvalue weighted by molar-refractivity contribution is -0.136. The zero-order valence-electron chi connectivity index (χ0n) is 16.7. The summed E-state index contributed by atoms with van der Waals surface area (Å²) in [4.78, 5) is 42.4. The van der Waals surface area contributed by atoms with Gasteiger partial charge in [-0.25, -0.2) is 9.67 Å². The third-order valence-corrected chi connectivity index (χ3v) is 5.71. The van der Waals surface area contributed by atoms with Crippen LogP contribution in [0.15, 0.2) is 36.7 Å². The molecule has 156 valence electrons. The van der Waals surface area contributed by atoms with Gasteiger partial charge < -0.3 is 10.6 Å². The summed E-state index contributed by atoms with van der Waals surface area (Å²) < 4.78 is 1.61. The fraction of sp³-hybridized carbons (Fsp3) is 0.238. The Bertz CT molecular complexity index is 1250. The van der Waals surface area contributed by atoms with E-state index in [-0.39, 0.29) is 24.8 Å². The zero-order chi connectivity index (χ0) is 21.7. The number of nitrogens with two attached hydrogens (primary N) is 1. The van der Waals surface area contributed by atoms with Gasteiger partial charge in [-0.3, -0.25) is 19.7 Å². The lowest BCUT2D eigenvalue weighted by atomic mass is 10.0. The second kappa shape index (κ2) is 7.01. The number of nitrogens with one attached hydrogen (secondary N) is 1. The monoisotopic (exact) mass is 417 g/mol. The molecule has 10 heteroatoms. The van der Waals surface area contributed by atoms with E-state index in [9.17, 15) is 14.4 Å². The standard InChI is InChI=1S/C21H19N7O3/c1-11-7-12(8-23-19(11)22)15-10-28(26-25-15)16-4-2-3-13-14(16)9-27(21(13)31)17-5-6-18(29)24-20(17)30/h2-4,7-8,10,17H,5-6,9H2,1H3,(H2,22,23)(H,24,29,30). The van der Waals surface area contributed by atoms with Crippen molar-refractivity contribution in [3.05, 3.63) is 53.3 Å². The first-order valence-corrected chi connectivity index (χ1v) is 9.84. The summed E-state index contributed by atoms with van der Waals surface area (Å²) in [5.41, 5.74) is 10.0. The summed E-state index contributed by atoms with van der Waals surface area (Å²) >= 11 is 0. The Balaban J connectivity index is 1.47. The van der Waals surface area contributed by atoms with Crippen LogP contribution < -0.4 is 11.1 Å². The average molecular weight is 417 g/mol. The molecule has 1 unspecified atom stereocenters. The van der Waals surface area contributed by atoms with Crippen molar-refractivity contribution in [2.75, 3.05) is 5.73 Å². The van der Waals surface area contributed by atoms with E-state index in [0.29, 0.717) is 29.2 Å². The molecule has 1 fully saturated rings. The van der Waals surface area contributed by atoms with Crippen LogP contribution >= 0.6 is 0 Å². The maximum absolute atomic E-state index is 13.0. The van der Waals surface area contributed by atoms with Crippen molar-refractivity contribution in [2.45, 2.75) is 32.4 Å². The molecular weight excluding hydrogens is 398 g/mol. The number of aromatic nitrogens is 4. The molecule has 2 aliphatic rings. The molecule has 1 atom stereocenters. The second-order valence-electron chi connectivity index (χ2n) is 7.68. The van der Waals surface area contributed by atoms with Crippen LogP contribution in [-0.2, 0) is 16.1 Å². The Morgan fingerprint density at radius 1 is 1.23 bits per heavy atom. The second-order valence-corrected chi connectivity index (χ2v) is 7.68. The lowest BCUT2D eigenvalue weighted by Crippen LogP contribution is -2.52. The van der Waals surface area contributed by atoms with E-state index < -0.39 is 11.9 Å². The highest BCUT2D eigenvalue weighted by Crippen LogP contribution is 2.31. The Hall–Kier alpha value is -4.08. The van der Waals surface area contributed by atoms with Gasteiger partial charge in [0.15, 0.2) is 0 Å². The Morgan fingerprint density at radius 2 is 2.06 bits per heavy atom. The number of aryl methyl sites for hydroxylation is 1. The van der Waals surface area contributed by atoms with E-state index in [1.54, 1.807) is 29.2 Å². The minimum Gasteiger partial charge on any atom is -0.383 e. The number of amides is 3. The lowest BCUT2D eigenvalue weighted by Gasteiger charge is -2.29. The van der Waals surface area contributed by atoms with Gasteiger partial charge >= 0.3 is 0 Å². The number of nitrogen functional groups attached to an aromatic ring is 1. The zero-order valence-corrected chi connectivity index (χ0v) is 16.7. The van der Waals surface area contributed by atoms with Crippen LogP contribution in [0.2, 0.25) is 0 Å². The van der Waals surface area contributed by atoms with E-state index in [1.165, 1.54) is 4.90 Å². The number of piperidine rings is 1. The maximum atomic E-state index is 13.0. The maximum Gasteiger partial charge on any atom is 0.255 e. The predicted molar refractivity (Wildman–Crippen MR) is 110 cm³/mol. The molecule has 0 radical (unpaired) electrons. The number of carbonyl (C=O) groups is 3. The Morgan fingerprint density at radius 3 is 2.84 bits per heavy atom. The van der Waals surface area contributed by atoms with Crippen LogP contribution in [0.25, 0.3) is 16.9 Å². The molecule has 0 spiro atoms. The highest BCUT2D eigenvalue weighted by Gasteiger charge is 2.40. The summed E-state index contributed by atoms with van der Waals surface area (Å²) in [6.07, 6.45) is 3.93. The molecule has 3 N–H and O–H groups in total. The summed E-state index contributed by atoms with van der Waals surface area (Å²) in [7, 11) is 0. The molecule has 2 aromatic heterocycles. The molecule has 4 heterocycles. The number of imide groups is 1. The van der Waals surface area contributed by atoms with E-state index in [2.05, 4.69) is 20.6 Å². The van der Waals surface area contributed by atoms with Crippen LogP contribution in [-0.4, -0.2) is 48.6 Å². The van der Waals surface area contributed by atoms with Crippen molar-refractivity contribution in [3.8, 4) is 16.9 Å². The fourth-order valence-electron chi connectivity index (χ4n) is 4.02. The molecule has 0 bridgehead atoms. The number of pyridine rings is 1. The Kier molecular flexibility index (Phi) is 4.28. The fourth-order valence-corrected chi connectivity index (χ4v) is 4.02. The van der Waals surface area contributed by atoms with Crippen molar-refractivity contribution in [1.29, 1.82) is 0 Å². The summed E-state index contributed by atoms with van der Waals surface area (Å²) in [5, 5.41) is 10.8.